The molecule has 0 amide bonds. The molecule has 1 fully saturated rings. The predicted molar refractivity (Wildman–Crippen MR) is 92.1 cm³/mol. The number of fused-ring (bicyclic) bond motifs is 2. The summed E-state index contributed by atoms with van der Waals surface area (Å²) >= 11 is 0. The summed E-state index contributed by atoms with van der Waals surface area (Å²) in [7, 11) is 5.69. The van der Waals surface area contributed by atoms with Gasteiger partial charge in [-0.15, -0.1) is 5.10 Å². The summed E-state index contributed by atoms with van der Waals surface area (Å²) in [5.74, 6) is 1.50. The Morgan fingerprint density at radius 3 is 2.75 bits per heavy atom. The molecule has 1 aliphatic heterocycles. The van der Waals surface area contributed by atoms with Gasteiger partial charge in [0.15, 0.2) is 0 Å². The summed E-state index contributed by atoms with van der Waals surface area (Å²) in [5, 5.41) is 8.47. The summed E-state index contributed by atoms with van der Waals surface area (Å²) in [4.78, 5) is 6.67. The second kappa shape index (κ2) is 5.31. The third-order valence-electron chi connectivity index (χ3n) is 5.02. The molecule has 1 saturated carbocycles. The monoisotopic (exact) mass is 326 g/mol. The smallest absolute Gasteiger partial charge is 0.145 e. The molecule has 24 heavy (non-hydrogen) atoms. The number of methoxy groups -OCH3 is 1. The Morgan fingerprint density at radius 2 is 2.12 bits per heavy atom. The van der Waals surface area contributed by atoms with Crippen molar-refractivity contribution < 1.29 is 4.74 Å². The molecule has 0 unspecified atom stereocenters. The molecule has 1 aromatic carbocycles. The van der Waals surface area contributed by atoms with E-state index in [9.17, 15) is 0 Å². The predicted octanol–water partition coefficient (Wildman–Crippen LogP) is 1.76. The highest BCUT2D eigenvalue weighted by Crippen LogP contribution is 2.53. The number of aromatic nitrogens is 3. The number of ether oxygens (including phenoxy) is 1. The first-order chi connectivity index (χ1) is 11.5. The lowest BCUT2D eigenvalue weighted by Gasteiger charge is -2.39. The second-order valence-electron chi connectivity index (χ2n) is 6.87. The Bertz CT molecular complexity index is 818. The van der Waals surface area contributed by atoms with Crippen LogP contribution in [0.15, 0.2) is 23.3 Å². The van der Waals surface area contributed by atoms with Crippen LogP contribution >= 0.6 is 0 Å². The molecule has 7 nitrogen and oxygen atoms in total. The van der Waals surface area contributed by atoms with Gasteiger partial charge in [0.05, 0.1) is 30.1 Å². The van der Waals surface area contributed by atoms with E-state index in [0.29, 0.717) is 0 Å². The minimum absolute atomic E-state index is 0.0698. The number of rotatable bonds is 4. The fourth-order valence-corrected chi connectivity index (χ4v) is 3.62. The fraction of sp³-hybridized carbons (Fsp3) is 0.471. The molecule has 2 aliphatic rings. The zero-order chi connectivity index (χ0) is 16.9. The highest BCUT2D eigenvalue weighted by atomic mass is 16.5. The number of nitrogens with two attached hydrogens (primary N) is 1. The van der Waals surface area contributed by atoms with Gasteiger partial charge in [0.1, 0.15) is 17.3 Å². The molecular weight excluding hydrogens is 304 g/mol. The van der Waals surface area contributed by atoms with Crippen molar-refractivity contribution in [3.05, 3.63) is 29.6 Å². The first-order valence-electron chi connectivity index (χ1n) is 8.17. The molecular formula is C17H22N6O. The third kappa shape index (κ3) is 2.11. The average molecular weight is 326 g/mol. The zero-order valence-electron chi connectivity index (χ0n) is 14.3. The largest absolute Gasteiger partial charge is 0.494 e. The van der Waals surface area contributed by atoms with Crippen LogP contribution in [0.3, 0.4) is 0 Å². The number of nitrogens with zero attached hydrogens (tertiary/aromatic N) is 5. The van der Waals surface area contributed by atoms with Crippen LogP contribution < -0.4 is 10.5 Å². The zero-order valence-corrected chi connectivity index (χ0v) is 14.3. The van der Waals surface area contributed by atoms with E-state index in [1.54, 1.807) is 11.8 Å². The quantitative estimate of drug-likeness (QED) is 0.926. The molecule has 0 bridgehead atoms. The van der Waals surface area contributed by atoms with Gasteiger partial charge < -0.3 is 15.4 Å². The van der Waals surface area contributed by atoms with E-state index >= 15 is 0 Å². The van der Waals surface area contributed by atoms with Gasteiger partial charge in [-0.05, 0) is 44.6 Å². The van der Waals surface area contributed by atoms with Gasteiger partial charge in [0.25, 0.3) is 0 Å². The van der Waals surface area contributed by atoms with Gasteiger partial charge in [0.2, 0.25) is 0 Å². The molecule has 126 valence electrons. The molecule has 1 aliphatic carbocycles. The molecule has 1 spiro atoms. The summed E-state index contributed by atoms with van der Waals surface area (Å²) in [6.07, 6.45) is 5.24. The molecule has 2 aromatic rings. The van der Waals surface area contributed by atoms with E-state index in [1.807, 2.05) is 26.4 Å². The average Bonchev–Trinajstić information content (AvgIpc) is 3.05. The SMILES string of the molecule is COc1cc2c(cc1-n1cc(CN(C)C)nn1)N=C(N)C21CCC1. The van der Waals surface area contributed by atoms with Crippen LogP contribution in [-0.2, 0) is 12.0 Å². The highest BCUT2D eigenvalue weighted by Gasteiger charge is 2.47. The van der Waals surface area contributed by atoms with Crippen LogP contribution in [0, 0.1) is 0 Å². The molecule has 0 saturated heterocycles. The summed E-state index contributed by atoms with van der Waals surface area (Å²) in [6.45, 7) is 0.738. The maximum absolute atomic E-state index is 6.23. The second-order valence-corrected chi connectivity index (χ2v) is 6.87. The van der Waals surface area contributed by atoms with Crippen molar-refractivity contribution in [2.24, 2.45) is 10.7 Å². The lowest BCUT2D eigenvalue weighted by molar-refractivity contribution is 0.342. The topological polar surface area (TPSA) is 81.6 Å². The number of hydrogen-bond donors (Lipinski definition) is 1. The van der Waals surface area contributed by atoms with Gasteiger partial charge in [-0.3, -0.25) is 0 Å². The minimum Gasteiger partial charge on any atom is -0.494 e. The molecule has 2 heterocycles. The first-order valence-corrected chi connectivity index (χ1v) is 8.17. The van der Waals surface area contributed by atoms with Gasteiger partial charge in [-0.2, -0.15) is 0 Å². The Labute approximate surface area is 141 Å². The standard InChI is InChI=1S/C17H22N6O/c1-22(2)9-11-10-23(21-20-11)14-8-13-12(7-15(14)24-3)17(5-4-6-17)16(18)19-13/h7-8,10H,4-6,9H2,1-3H3,(H2,18,19). The van der Waals surface area contributed by atoms with Crippen molar-refractivity contribution in [2.75, 3.05) is 21.2 Å². The van der Waals surface area contributed by atoms with Gasteiger partial charge in [-0.25, -0.2) is 9.67 Å². The summed E-state index contributed by atoms with van der Waals surface area (Å²) in [5.41, 5.74) is 10.0. The molecule has 7 heteroatoms. The van der Waals surface area contributed by atoms with Crippen LogP contribution in [-0.4, -0.2) is 46.9 Å². The molecule has 1 aromatic heterocycles. The van der Waals surface area contributed by atoms with Crippen molar-refractivity contribution in [1.29, 1.82) is 0 Å². The van der Waals surface area contributed by atoms with Crippen LogP contribution in [0.1, 0.15) is 30.5 Å². The summed E-state index contributed by atoms with van der Waals surface area (Å²) < 4.78 is 7.37. The summed E-state index contributed by atoms with van der Waals surface area (Å²) in [6, 6.07) is 4.07. The van der Waals surface area contributed by atoms with Gasteiger partial charge >= 0.3 is 0 Å². The van der Waals surface area contributed by atoms with Crippen molar-refractivity contribution in [3.63, 3.8) is 0 Å². The minimum atomic E-state index is -0.0698. The lowest BCUT2D eigenvalue weighted by Crippen LogP contribution is -2.44. The Hall–Kier alpha value is -2.41. The first kappa shape index (κ1) is 15.1. The van der Waals surface area contributed by atoms with E-state index < -0.39 is 0 Å². The molecule has 2 N–H and O–H groups in total. The van der Waals surface area contributed by atoms with Crippen molar-refractivity contribution in [1.82, 2.24) is 19.9 Å². The molecule has 4 rings (SSSR count). The lowest BCUT2D eigenvalue weighted by atomic mass is 9.64. The van der Waals surface area contributed by atoms with Crippen molar-refractivity contribution in [2.45, 2.75) is 31.2 Å². The third-order valence-corrected chi connectivity index (χ3v) is 5.02. The van der Waals surface area contributed by atoms with Gasteiger partial charge in [0, 0.05) is 6.54 Å². The van der Waals surface area contributed by atoms with Crippen LogP contribution in [0.5, 0.6) is 5.75 Å². The number of aliphatic imine (C=N–C) groups is 1. The maximum atomic E-state index is 6.23. The number of amidine groups is 1. The van der Waals surface area contributed by atoms with Crippen LogP contribution in [0.2, 0.25) is 0 Å². The van der Waals surface area contributed by atoms with E-state index in [2.05, 4.69) is 26.3 Å². The van der Waals surface area contributed by atoms with Crippen LogP contribution in [0.4, 0.5) is 5.69 Å². The van der Waals surface area contributed by atoms with E-state index in [-0.39, 0.29) is 5.41 Å². The number of hydrogen-bond acceptors (Lipinski definition) is 6. The number of benzene rings is 1. The fourth-order valence-electron chi connectivity index (χ4n) is 3.62. The van der Waals surface area contributed by atoms with E-state index in [0.717, 1.165) is 48.0 Å². The Kier molecular flexibility index (Phi) is 3.35. The highest BCUT2D eigenvalue weighted by molar-refractivity contribution is 6.00. The van der Waals surface area contributed by atoms with Crippen molar-refractivity contribution >= 4 is 11.5 Å². The molecule has 0 radical (unpaired) electrons. The Balaban J connectivity index is 1.77. The maximum Gasteiger partial charge on any atom is 0.145 e. The molecule has 0 atom stereocenters. The normalized spacial score (nSPS) is 17.8. The van der Waals surface area contributed by atoms with E-state index in [4.69, 9.17) is 10.5 Å². The van der Waals surface area contributed by atoms with Gasteiger partial charge in [-0.1, -0.05) is 11.6 Å². The van der Waals surface area contributed by atoms with Crippen LogP contribution in [0.25, 0.3) is 5.69 Å². The van der Waals surface area contributed by atoms with Crippen molar-refractivity contribution in [3.8, 4) is 11.4 Å². The Morgan fingerprint density at radius 1 is 1.33 bits per heavy atom. The van der Waals surface area contributed by atoms with E-state index in [1.165, 1.54) is 12.0 Å².